The molecule has 3 rings (SSSR count). The number of aromatic amines is 1. The minimum absolute atomic E-state index is 0.241. The number of rotatable bonds is 7. The molecule has 27 heavy (non-hydrogen) atoms. The third kappa shape index (κ3) is 5.43. The number of hydrogen-bond acceptors (Lipinski definition) is 4. The van der Waals surface area contributed by atoms with Gasteiger partial charge in [0.05, 0.1) is 12.3 Å². The van der Waals surface area contributed by atoms with Crippen molar-refractivity contribution in [1.82, 2.24) is 21.0 Å². The first-order valence-corrected chi connectivity index (χ1v) is 8.60. The number of aromatic nitrogens is 2. The number of benzene rings is 2. The second-order valence-electron chi connectivity index (χ2n) is 5.80. The molecule has 3 aromatic rings. The molecule has 0 radical (unpaired) electrons. The number of nitrogens with one attached hydrogen (secondary N) is 3. The summed E-state index contributed by atoms with van der Waals surface area (Å²) in [5.41, 5.74) is 6.58. The molecule has 2 amide bonds. The van der Waals surface area contributed by atoms with E-state index in [9.17, 15) is 9.59 Å². The van der Waals surface area contributed by atoms with Gasteiger partial charge in [-0.15, -0.1) is 0 Å². The maximum atomic E-state index is 12.1. The Bertz CT molecular complexity index is 879. The van der Waals surface area contributed by atoms with E-state index in [2.05, 4.69) is 21.0 Å². The summed E-state index contributed by atoms with van der Waals surface area (Å²) in [6.45, 7) is 0.423. The molecule has 0 atom stereocenters. The molecule has 1 heterocycles. The van der Waals surface area contributed by atoms with Crippen molar-refractivity contribution in [2.45, 2.75) is 12.8 Å². The molecule has 0 saturated heterocycles. The van der Waals surface area contributed by atoms with Crippen LogP contribution in [0.15, 0.2) is 66.7 Å². The summed E-state index contributed by atoms with van der Waals surface area (Å²) >= 11 is 0. The number of carbonyl (C=O) groups excluding carboxylic acids is 2. The summed E-state index contributed by atoms with van der Waals surface area (Å²) in [6, 6.07) is 20.5. The molecule has 0 unspecified atom stereocenters. The Morgan fingerprint density at radius 3 is 2.41 bits per heavy atom. The number of hydrogen-bond donors (Lipinski definition) is 3. The number of para-hydroxylation sites is 1. The van der Waals surface area contributed by atoms with Gasteiger partial charge in [0.2, 0.25) is 5.91 Å². The lowest BCUT2D eigenvalue weighted by Crippen LogP contribution is -2.41. The molecule has 1 aromatic heterocycles. The highest BCUT2D eigenvalue weighted by Crippen LogP contribution is 2.16. The van der Waals surface area contributed by atoms with Crippen LogP contribution in [0.3, 0.4) is 0 Å². The molecular formula is C20H20N4O3. The molecule has 0 saturated carbocycles. The zero-order valence-corrected chi connectivity index (χ0v) is 14.6. The van der Waals surface area contributed by atoms with Gasteiger partial charge in [-0.2, -0.15) is 5.10 Å². The maximum absolute atomic E-state index is 12.1. The van der Waals surface area contributed by atoms with Gasteiger partial charge in [0.1, 0.15) is 11.4 Å². The SMILES string of the molecule is O=C(CCCOc1ccccc1)NNC(=O)c1cc(-c2ccccc2)n[nH]1. The zero-order valence-electron chi connectivity index (χ0n) is 14.6. The molecule has 7 nitrogen and oxygen atoms in total. The van der Waals surface area contributed by atoms with E-state index >= 15 is 0 Å². The summed E-state index contributed by atoms with van der Waals surface area (Å²) < 4.78 is 5.52. The predicted octanol–water partition coefficient (Wildman–Crippen LogP) is 2.70. The molecule has 0 aliphatic carbocycles. The van der Waals surface area contributed by atoms with Crippen molar-refractivity contribution in [3.05, 3.63) is 72.4 Å². The molecule has 0 spiro atoms. The van der Waals surface area contributed by atoms with Crippen LogP contribution in [0.4, 0.5) is 0 Å². The minimum Gasteiger partial charge on any atom is -0.494 e. The van der Waals surface area contributed by atoms with Crippen molar-refractivity contribution < 1.29 is 14.3 Å². The van der Waals surface area contributed by atoms with Crippen LogP contribution in [-0.2, 0) is 4.79 Å². The van der Waals surface area contributed by atoms with Crippen LogP contribution in [0.2, 0.25) is 0 Å². The first-order valence-electron chi connectivity index (χ1n) is 8.60. The van der Waals surface area contributed by atoms with E-state index in [1.165, 1.54) is 0 Å². The van der Waals surface area contributed by atoms with Crippen molar-refractivity contribution in [1.29, 1.82) is 0 Å². The fourth-order valence-electron chi connectivity index (χ4n) is 2.39. The highest BCUT2D eigenvalue weighted by Gasteiger charge is 2.11. The van der Waals surface area contributed by atoms with E-state index in [1.807, 2.05) is 60.7 Å². The van der Waals surface area contributed by atoms with E-state index in [1.54, 1.807) is 6.07 Å². The highest BCUT2D eigenvalue weighted by atomic mass is 16.5. The topological polar surface area (TPSA) is 96.1 Å². The van der Waals surface area contributed by atoms with Crippen LogP contribution in [0, 0.1) is 0 Å². The first-order chi connectivity index (χ1) is 13.2. The summed E-state index contributed by atoms with van der Waals surface area (Å²) in [6.07, 6.45) is 0.782. The maximum Gasteiger partial charge on any atom is 0.287 e. The largest absolute Gasteiger partial charge is 0.494 e. The number of amides is 2. The molecule has 7 heteroatoms. The summed E-state index contributed by atoms with van der Waals surface area (Å²) in [5.74, 6) is 0.0149. The zero-order chi connectivity index (χ0) is 18.9. The van der Waals surface area contributed by atoms with Gasteiger partial charge in [-0.25, -0.2) is 0 Å². The summed E-state index contributed by atoms with van der Waals surface area (Å²) in [5, 5.41) is 6.77. The molecule has 138 valence electrons. The standard InChI is InChI=1S/C20H20N4O3/c25-19(12-7-13-27-16-10-5-2-6-11-16)23-24-20(26)18-14-17(21-22-18)15-8-3-1-4-9-15/h1-6,8-11,14H,7,12-13H2,(H,21,22)(H,23,25)(H,24,26). The lowest BCUT2D eigenvalue weighted by Gasteiger charge is -2.07. The fraction of sp³-hybridized carbons (Fsp3) is 0.150. The van der Waals surface area contributed by atoms with Gasteiger partial charge in [-0.1, -0.05) is 48.5 Å². The van der Waals surface area contributed by atoms with E-state index in [0.29, 0.717) is 18.7 Å². The lowest BCUT2D eigenvalue weighted by molar-refractivity contribution is -0.122. The van der Waals surface area contributed by atoms with Crippen molar-refractivity contribution in [3.63, 3.8) is 0 Å². The number of H-pyrrole nitrogens is 1. The van der Waals surface area contributed by atoms with E-state index in [0.717, 1.165) is 11.3 Å². The third-order valence-corrected chi connectivity index (χ3v) is 3.77. The lowest BCUT2D eigenvalue weighted by atomic mass is 10.1. The number of ether oxygens (including phenoxy) is 1. The smallest absolute Gasteiger partial charge is 0.287 e. The Morgan fingerprint density at radius 1 is 0.963 bits per heavy atom. The van der Waals surface area contributed by atoms with Gasteiger partial charge < -0.3 is 4.74 Å². The Hall–Kier alpha value is -3.61. The Kier molecular flexibility index (Phi) is 6.19. The van der Waals surface area contributed by atoms with E-state index in [4.69, 9.17) is 4.74 Å². The van der Waals surface area contributed by atoms with Crippen LogP contribution in [0.5, 0.6) is 5.75 Å². The molecular weight excluding hydrogens is 344 g/mol. The Balaban J connectivity index is 1.38. The monoisotopic (exact) mass is 364 g/mol. The minimum atomic E-state index is -0.460. The first kappa shape index (κ1) is 18.2. The second kappa shape index (κ2) is 9.19. The van der Waals surface area contributed by atoms with Crippen molar-refractivity contribution in [2.24, 2.45) is 0 Å². The summed E-state index contributed by atoms with van der Waals surface area (Å²) in [4.78, 5) is 23.9. The van der Waals surface area contributed by atoms with Gasteiger partial charge in [-0.05, 0) is 24.6 Å². The van der Waals surface area contributed by atoms with Crippen LogP contribution in [0.1, 0.15) is 23.3 Å². The molecule has 0 bridgehead atoms. The van der Waals surface area contributed by atoms with E-state index in [-0.39, 0.29) is 18.0 Å². The van der Waals surface area contributed by atoms with Crippen molar-refractivity contribution >= 4 is 11.8 Å². The number of hydrazine groups is 1. The van der Waals surface area contributed by atoms with Gasteiger partial charge >= 0.3 is 0 Å². The van der Waals surface area contributed by atoms with Crippen LogP contribution in [-0.4, -0.2) is 28.6 Å². The highest BCUT2D eigenvalue weighted by molar-refractivity contribution is 5.94. The second-order valence-corrected chi connectivity index (χ2v) is 5.80. The molecule has 2 aromatic carbocycles. The number of nitrogens with zero attached hydrogens (tertiary/aromatic N) is 1. The van der Waals surface area contributed by atoms with Gasteiger partial charge in [0.15, 0.2) is 0 Å². The molecule has 0 fully saturated rings. The molecule has 0 aliphatic heterocycles. The van der Waals surface area contributed by atoms with Crippen LogP contribution in [0.25, 0.3) is 11.3 Å². The molecule has 3 N–H and O–H groups in total. The third-order valence-electron chi connectivity index (χ3n) is 3.77. The van der Waals surface area contributed by atoms with Gasteiger partial charge in [0, 0.05) is 12.0 Å². The molecule has 0 aliphatic rings. The van der Waals surface area contributed by atoms with Crippen molar-refractivity contribution in [2.75, 3.05) is 6.61 Å². The fourth-order valence-corrected chi connectivity index (χ4v) is 2.39. The average molecular weight is 364 g/mol. The Morgan fingerprint density at radius 2 is 1.67 bits per heavy atom. The van der Waals surface area contributed by atoms with Crippen LogP contribution >= 0.6 is 0 Å². The van der Waals surface area contributed by atoms with Gasteiger partial charge in [0.25, 0.3) is 5.91 Å². The van der Waals surface area contributed by atoms with Gasteiger partial charge in [-0.3, -0.25) is 25.5 Å². The predicted molar refractivity (Wildman–Crippen MR) is 101 cm³/mol. The summed E-state index contributed by atoms with van der Waals surface area (Å²) in [7, 11) is 0. The average Bonchev–Trinajstić information content (AvgIpc) is 3.21. The quantitative estimate of drug-likeness (QED) is 0.444. The van der Waals surface area contributed by atoms with Crippen molar-refractivity contribution in [3.8, 4) is 17.0 Å². The van der Waals surface area contributed by atoms with E-state index < -0.39 is 5.91 Å². The normalized spacial score (nSPS) is 10.2. The Labute approximate surface area is 156 Å². The van der Waals surface area contributed by atoms with Crippen LogP contribution < -0.4 is 15.6 Å². The number of carbonyl (C=O) groups is 2.